The molecule has 1 aliphatic rings. The molecule has 0 saturated heterocycles. The van der Waals surface area contributed by atoms with Crippen molar-refractivity contribution in [1.82, 2.24) is 15.3 Å². The smallest absolute Gasteiger partial charge is 0.270 e. The molecule has 0 spiro atoms. The number of hydrogen-bond donors (Lipinski definition) is 2. The van der Waals surface area contributed by atoms with E-state index in [1.165, 1.54) is 6.33 Å². The first-order chi connectivity index (χ1) is 7.65. The number of carbonyl (C=O) groups excluding carboxylic acids is 1. The molecule has 1 amide bonds. The molecule has 0 aromatic carbocycles. The first kappa shape index (κ1) is 10.9. The molecule has 0 atom stereocenters. The van der Waals surface area contributed by atoms with E-state index in [2.05, 4.69) is 20.6 Å². The van der Waals surface area contributed by atoms with Crippen LogP contribution in [0.2, 0.25) is 0 Å². The zero-order valence-corrected chi connectivity index (χ0v) is 9.53. The van der Waals surface area contributed by atoms with Crippen LogP contribution in [0.4, 0.5) is 5.82 Å². The Balaban J connectivity index is 2.04. The summed E-state index contributed by atoms with van der Waals surface area (Å²) in [7, 11) is 0. The molecule has 16 heavy (non-hydrogen) atoms. The van der Waals surface area contributed by atoms with Crippen molar-refractivity contribution < 1.29 is 4.79 Å². The topological polar surface area (TPSA) is 66.9 Å². The van der Waals surface area contributed by atoms with Crippen molar-refractivity contribution in [1.29, 1.82) is 0 Å². The van der Waals surface area contributed by atoms with Gasteiger partial charge in [-0.25, -0.2) is 9.97 Å². The summed E-state index contributed by atoms with van der Waals surface area (Å²) >= 11 is 0. The Morgan fingerprint density at radius 2 is 2.19 bits per heavy atom. The first-order valence-corrected chi connectivity index (χ1v) is 5.54. The zero-order chi connectivity index (χ0) is 11.5. The molecule has 1 aliphatic carbocycles. The molecule has 0 bridgehead atoms. The van der Waals surface area contributed by atoms with Gasteiger partial charge < -0.3 is 10.6 Å². The zero-order valence-electron chi connectivity index (χ0n) is 9.53. The van der Waals surface area contributed by atoms with Crippen LogP contribution in [0.15, 0.2) is 12.4 Å². The van der Waals surface area contributed by atoms with Crippen LogP contribution in [-0.4, -0.2) is 28.0 Å². The number of anilines is 1. The number of nitrogens with one attached hydrogen (secondary N) is 2. The number of carbonyl (C=O) groups is 1. The van der Waals surface area contributed by atoms with E-state index < -0.39 is 0 Å². The average molecular weight is 220 g/mol. The van der Waals surface area contributed by atoms with Crippen molar-refractivity contribution in [3.05, 3.63) is 18.1 Å². The van der Waals surface area contributed by atoms with Crippen molar-refractivity contribution >= 4 is 11.7 Å². The van der Waals surface area contributed by atoms with Gasteiger partial charge in [0.25, 0.3) is 5.91 Å². The van der Waals surface area contributed by atoms with Gasteiger partial charge in [-0.1, -0.05) is 0 Å². The number of aromatic nitrogens is 2. The van der Waals surface area contributed by atoms with E-state index in [1.54, 1.807) is 6.07 Å². The predicted octanol–water partition coefficient (Wildman–Crippen LogP) is 1.19. The van der Waals surface area contributed by atoms with Gasteiger partial charge in [0.1, 0.15) is 17.8 Å². The maximum absolute atomic E-state index is 11.7. The van der Waals surface area contributed by atoms with Gasteiger partial charge in [-0.2, -0.15) is 0 Å². The third-order valence-electron chi connectivity index (χ3n) is 2.25. The van der Waals surface area contributed by atoms with Crippen molar-refractivity contribution in [3.8, 4) is 0 Å². The Hall–Kier alpha value is -1.65. The Kier molecular flexibility index (Phi) is 3.03. The lowest BCUT2D eigenvalue weighted by Gasteiger charge is -2.09. The van der Waals surface area contributed by atoms with E-state index in [-0.39, 0.29) is 11.9 Å². The Morgan fingerprint density at radius 1 is 1.44 bits per heavy atom. The van der Waals surface area contributed by atoms with Crippen LogP contribution in [0.5, 0.6) is 0 Å². The van der Waals surface area contributed by atoms with Crippen molar-refractivity contribution in [2.45, 2.75) is 38.8 Å². The molecule has 0 unspecified atom stereocenters. The second-order valence-corrected chi connectivity index (χ2v) is 4.34. The largest absolute Gasteiger partial charge is 0.368 e. The van der Waals surface area contributed by atoms with Crippen LogP contribution < -0.4 is 10.6 Å². The fourth-order valence-electron chi connectivity index (χ4n) is 1.34. The molecule has 1 saturated carbocycles. The lowest BCUT2D eigenvalue weighted by Crippen LogP contribution is -2.26. The molecular weight excluding hydrogens is 204 g/mol. The first-order valence-electron chi connectivity index (χ1n) is 5.54. The summed E-state index contributed by atoms with van der Waals surface area (Å²) in [6, 6.07) is 2.32. The van der Waals surface area contributed by atoms with Crippen LogP contribution in [-0.2, 0) is 0 Å². The number of nitrogens with zero attached hydrogens (tertiary/aromatic N) is 2. The van der Waals surface area contributed by atoms with Crippen molar-refractivity contribution in [3.63, 3.8) is 0 Å². The van der Waals surface area contributed by atoms with Gasteiger partial charge in [0.2, 0.25) is 0 Å². The fourth-order valence-corrected chi connectivity index (χ4v) is 1.34. The Labute approximate surface area is 94.7 Å². The summed E-state index contributed by atoms with van der Waals surface area (Å²) < 4.78 is 0. The van der Waals surface area contributed by atoms with Gasteiger partial charge in [-0.3, -0.25) is 4.79 Å². The minimum Gasteiger partial charge on any atom is -0.368 e. The van der Waals surface area contributed by atoms with Gasteiger partial charge in [0, 0.05) is 18.2 Å². The summed E-state index contributed by atoms with van der Waals surface area (Å²) in [5.74, 6) is 0.572. The summed E-state index contributed by atoms with van der Waals surface area (Å²) in [4.78, 5) is 19.7. The summed E-state index contributed by atoms with van der Waals surface area (Å²) in [5, 5.41) is 6.03. The predicted molar refractivity (Wildman–Crippen MR) is 61.3 cm³/mol. The summed E-state index contributed by atoms with van der Waals surface area (Å²) in [6.45, 7) is 4.04. The van der Waals surface area contributed by atoms with Crippen LogP contribution in [0.1, 0.15) is 37.2 Å². The van der Waals surface area contributed by atoms with Crippen molar-refractivity contribution in [2.24, 2.45) is 0 Å². The monoisotopic (exact) mass is 220 g/mol. The quantitative estimate of drug-likeness (QED) is 0.799. The van der Waals surface area contributed by atoms with Gasteiger partial charge in [0.05, 0.1) is 0 Å². The Morgan fingerprint density at radius 3 is 2.81 bits per heavy atom. The fraction of sp³-hybridized carbons (Fsp3) is 0.545. The van der Waals surface area contributed by atoms with Gasteiger partial charge in [0.15, 0.2) is 0 Å². The Bertz CT molecular complexity index is 387. The summed E-state index contributed by atoms with van der Waals surface area (Å²) in [6.07, 6.45) is 3.56. The van der Waals surface area contributed by atoms with Crippen LogP contribution in [0.3, 0.4) is 0 Å². The highest BCUT2D eigenvalue weighted by molar-refractivity contribution is 5.93. The highest BCUT2D eigenvalue weighted by Crippen LogP contribution is 2.19. The molecule has 5 nitrogen and oxygen atoms in total. The third-order valence-corrected chi connectivity index (χ3v) is 2.25. The third kappa shape index (κ3) is 2.92. The van der Waals surface area contributed by atoms with E-state index in [4.69, 9.17) is 0 Å². The molecule has 2 rings (SSSR count). The normalized spacial score (nSPS) is 14.9. The molecule has 0 radical (unpaired) electrons. The standard InChI is InChI=1S/C11H16N4O/c1-7(2)14-10-5-9(12-6-13-10)11(16)15-8-3-4-8/h5-8H,3-4H2,1-2H3,(H,15,16)(H,12,13,14). The second kappa shape index (κ2) is 4.47. The number of hydrogen-bond acceptors (Lipinski definition) is 4. The number of rotatable bonds is 4. The van der Waals surface area contributed by atoms with Crippen LogP contribution >= 0.6 is 0 Å². The van der Waals surface area contributed by atoms with E-state index in [9.17, 15) is 4.79 Å². The molecular formula is C11H16N4O. The lowest BCUT2D eigenvalue weighted by atomic mass is 10.3. The van der Waals surface area contributed by atoms with Gasteiger partial charge in [-0.05, 0) is 26.7 Å². The van der Waals surface area contributed by atoms with E-state index in [1.807, 2.05) is 13.8 Å². The highest BCUT2D eigenvalue weighted by atomic mass is 16.2. The SMILES string of the molecule is CC(C)Nc1cc(C(=O)NC2CC2)ncn1. The molecule has 86 valence electrons. The van der Waals surface area contributed by atoms with E-state index in [0.29, 0.717) is 17.6 Å². The maximum Gasteiger partial charge on any atom is 0.270 e. The lowest BCUT2D eigenvalue weighted by molar-refractivity contribution is 0.0946. The van der Waals surface area contributed by atoms with Crippen LogP contribution in [0, 0.1) is 0 Å². The molecule has 1 aromatic rings. The summed E-state index contributed by atoms with van der Waals surface area (Å²) in [5.41, 5.74) is 0.421. The van der Waals surface area contributed by atoms with E-state index >= 15 is 0 Å². The maximum atomic E-state index is 11.7. The second-order valence-electron chi connectivity index (χ2n) is 4.34. The van der Waals surface area contributed by atoms with Crippen molar-refractivity contribution in [2.75, 3.05) is 5.32 Å². The molecule has 2 N–H and O–H groups in total. The number of amides is 1. The van der Waals surface area contributed by atoms with E-state index in [0.717, 1.165) is 12.8 Å². The molecule has 1 heterocycles. The van der Waals surface area contributed by atoms with Gasteiger partial charge >= 0.3 is 0 Å². The minimum atomic E-state index is -0.114. The van der Waals surface area contributed by atoms with Crippen LogP contribution in [0.25, 0.3) is 0 Å². The molecule has 5 heteroatoms. The molecule has 1 aromatic heterocycles. The average Bonchev–Trinajstić information content (AvgIpc) is 3.01. The highest BCUT2D eigenvalue weighted by Gasteiger charge is 2.24. The molecule has 1 fully saturated rings. The molecule has 0 aliphatic heterocycles. The minimum absolute atomic E-state index is 0.114. The van der Waals surface area contributed by atoms with Gasteiger partial charge in [-0.15, -0.1) is 0 Å².